The highest BCUT2D eigenvalue weighted by Gasteiger charge is 2.47. The van der Waals surface area contributed by atoms with Crippen LogP contribution in [0.4, 0.5) is 0 Å². The lowest BCUT2D eigenvalue weighted by Crippen LogP contribution is -2.42. The molecule has 0 radical (unpaired) electrons. The van der Waals surface area contributed by atoms with Gasteiger partial charge in [-0.15, -0.1) is 0 Å². The molecule has 0 saturated heterocycles. The Morgan fingerprint density at radius 3 is 2.83 bits per heavy atom. The molecule has 0 bridgehead atoms. The van der Waals surface area contributed by atoms with E-state index in [0.717, 1.165) is 11.8 Å². The number of hydrogen-bond donors (Lipinski definition) is 0. The molecule has 2 aliphatic carbocycles. The van der Waals surface area contributed by atoms with E-state index in [1.807, 2.05) is 0 Å². The van der Waals surface area contributed by atoms with E-state index in [1.165, 1.54) is 68.2 Å². The molecular formula is C22H30N2. The minimum absolute atomic E-state index is 0.264. The molecule has 1 saturated carbocycles. The van der Waals surface area contributed by atoms with Crippen molar-refractivity contribution < 1.29 is 0 Å². The van der Waals surface area contributed by atoms with Gasteiger partial charge in [0, 0.05) is 18.7 Å². The third kappa shape index (κ3) is 2.70. The van der Waals surface area contributed by atoms with Crippen LogP contribution in [0.25, 0.3) is 0 Å². The molecule has 0 aliphatic heterocycles. The Bertz CT molecular complexity index is 687. The predicted octanol–water partition coefficient (Wildman–Crippen LogP) is 5.06. The highest BCUT2D eigenvalue weighted by Crippen LogP contribution is 2.52. The van der Waals surface area contributed by atoms with Crippen LogP contribution in [-0.2, 0) is 25.3 Å². The number of aryl methyl sites for hydroxylation is 2. The summed E-state index contributed by atoms with van der Waals surface area (Å²) in [6.45, 7) is 2.37. The zero-order valence-corrected chi connectivity index (χ0v) is 15.2. The minimum atomic E-state index is 0.264. The topological polar surface area (TPSA) is 17.8 Å². The van der Waals surface area contributed by atoms with E-state index < -0.39 is 0 Å². The molecular weight excluding hydrogens is 292 g/mol. The largest absolute Gasteiger partial charge is 0.275 e. The van der Waals surface area contributed by atoms with Crippen LogP contribution < -0.4 is 0 Å². The van der Waals surface area contributed by atoms with Gasteiger partial charge in [-0.05, 0) is 67.9 Å². The van der Waals surface area contributed by atoms with Gasteiger partial charge in [0.1, 0.15) is 0 Å². The first-order valence-electron chi connectivity index (χ1n) is 9.78. The third-order valence-corrected chi connectivity index (χ3v) is 6.71. The Morgan fingerprint density at radius 2 is 2.04 bits per heavy atom. The Hall–Kier alpha value is -1.57. The van der Waals surface area contributed by atoms with Crippen LogP contribution in [-0.4, -0.2) is 9.78 Å². The Balaban J connectivity index is 1.79. The van der Waals surface area contributed by atoms with Crippen LogP contribution in [0.2, 0.25) is 0 Å². The fourth-order valence-electron chi connectivity index (χ4n) is 5.44. The molecule has 0 amide bonds. The molecule has 2 heteroatoms. The van der Waals surface area contributed by atoms with Gasteiger partial charge in [0.15, 0.2) is 0 Å². The van der Waals surface area contributed by atoms with Gasteiger partial charge in [-0.25, -0.2) is 0 Å². The fraction of sp³-hybridized carbons (Fsp3) is 0.591. The normalized spacial score (nSPS) is 29.6. The van der Waals surface area contributed by atoms with Crippen LogP contribution in [0.5, 0.6) is 0 Å². The van der Waals surface area contributed by atoms with Crippen LogP contribution in [0.3, 0.4) is 0 Å². The molecule has 3 unspecified atom stereocenters. The van der Waals surface area contributed by atoms with Crippen molar-refractivity contribution >= 4 is 0 Å². The first kappa shape index (κ1) is 15.9. The van der Waals surface area contributed by atoms with Crippen molar-refractivity contribution in [2.24, 2.45) is 18.9 Å². The molecule has 24 heavy (non-hydrogen) atoms. The van der Waals surface area contributed by atoms with E-state index >= 15 is 0 Å². The maximum atomic E-state index is 5.03. The summed E-state index contributed by atoms with van der Waals surface area (Å²) in [6, 6.07) is 11.1. The van der Waals surface area contributed by atoms with Crippen molar-refractivity contribution in [1.82, 2.24) is 9.78 Å². The lowest BCUT2D eigenvalue weighted by Gasteiger charge is -2.46. The molecule has 128 valence electrons. The number of benzene rings is 1. The second kappa shape index (κ2) is 6.38. The van der Waals surface area contributed by atoms with Crippen molar-refractivity contribution in [3.05, 3.63) is 53.3 Å². The molecule has 4 rings (SSSR count). The lowest BCUT2D eigenvalue weighted by atomic mass is 9.58. The van der Waals surface area contributed by atoms with Gasteiger partial charge in [-0.1, -0.05) is 43.7 Å². The SMILES string of the molecule is CCC1CCC2(Cc3ccccc3)c3nn(C)cc3CCCC2C1. The fourth-order valence-corrected chi connectivity index (χ4v) is 5.44. The molecule has 0 N–H and O–H groups in total. The van der Waals surface area contributed by atoms with Crippen LogP contribution in [0, 0.1) is 11.8 Å². The summed E-state index contributed by atoms with van der Waals surface area (Å²) in [7, 11) is 2.09. The standard InChI is InChI=1S/C22H30N2/c1-3-17-12-13-22(15-18-8-5-4-6-9-18)20(14-17)11-7-10-19-16-24(2)23-21(19)22/h4-6,8-9,16-17,20H,3,7,10-15H2,1-2H3. The predicted molar refractivity (Wildman–Crippen MR) is 99.1 cm³/mol. The minimum Gasteiger partial charge on any atom is -0.275 e. The van der Waals surface area contributed by atoms with Gasteiger partial charge in [0.05, 0.1) is 5.69 Å². The molecule has 1 fully saturated rings. The van der Waals surface area contributed by atoms with Crippen LogP contribution >= 0.6 is 0 Å². The third-order valence-electron chi connectivity index (χ3n) is 6.71. The van der Waals surface area contributed by atoms with Gasteiger partial charge in [-0.3, -0.25) is 4.68 Å². The first-order chi connectivity index (χ1) is 11.7. The maximum absolute atomic E-state index is 5.03. The van der Waals surface area contributed by atoms with Gasteiger partial charge in [-0.2, -0.15) is 5.10 Å². The van der Waals surface area contributed by atoms with Crippen molar-refractivity contribution in [2.45, 2.75) is 63.7 Å². The first-order valence-corrected chi connectivity index (χ1v) is 9.78. The van der Waals surface area contributed by atoms with E-state index in [9.17, 15) is 0 Å². The molecule has 2 nitrogen and oxygen atoms in total. The molecule has 0 spiro atoms. The summed E-state index contributed by atoms with van der Waals surface area (Å²) in [5.41, 5.74) is 4.70. The zero-order chi connectivity index (χ0) is 16.6. The van der Waals surface area contributed by atoms with Gasteiger partial charge < -0.3 is 0 Å². The maximum Gasteiger partial charge on any atom is 0.0724 e. The van der Waals surface area contributed by atoms with E-state index in [2.05, 4.69) is 55.2 Å². The Kier molecular flexibility index (Phi) is 4.24. The highest BCUT2D eigenvalue weighted by atomic mass is 15.3. The number of aromatic nitrogens is 2. The molecule has 2 aliphatic rings. The van der Waals surface area contributed by atoms with E-state index in [4.69, 9.17) is 5.10 Å². The molecule has 2 aromatic rings. The summed E-state index contributed by atoms with van der Waals surface area (Å²) in [4.78, 5) is 0. The molecule has 1 heterocycles. The van der Waals surface area contributed by atoms with E-state index in [-0.39, 0.29) is 5.41 Å². The van der Waals surface area contributed by atoms with Crippen LogP contribution in [0.15, 0.2) is 36.5 Å². The molecule has 1 aromatic heterocycles. The Morgan fingerprint density at radius 1 is 1.21 bits per heavy atom. The van der Waals surface area contributed by atoms with Crippen LogP contribution in [0.1, 0.15) is 62.3 Å². The summed E-state index contributed by atoms with van der Waals surface area (Å²) in [5.74, 6) is 1.72. The molecule has 1 aromatic carbocycles. The average Bonchev–Trinajstić information content (AvgIpc) is 2.92. The smallest absolute Gasteiger partial charge is 0.0724 e. The second-order valence-corrected chi connectivity index (χ2v) is 8.13. The quantitative estimate of drug-likeness (QED) is 0.772. The number of nitrogens with zero attached hydrogens (tertiary/aromatic N) is 2. The van der Waals surface area contributed by atoms with Crippen molar-refractivity contribution in [2.75, 3.05) is 0 Å². The number of hydrogen-bond acceptors (Lipinski definition) is 1. The number of fused-ring (bicyclic) bond motifs is 3. The Labute approximate surface area is 146 Å². The summed E-state index contributed by atoms with van der Waals surface area (Å²) in [5, 5.41) is 5.03. The molecule has 3 atom stereocenters. The van der Waals surface area contributed by atoms with E-state index in [0.29, 0.717) is 0 Å². The summed E-state index contributed by atoms with van der Waals surface area (Å²) < 4.78 is 2.06. The van der Waals surface area contributed by atoms with E-state index in [1.54, 1.807) is 0 Å². The highest BCUT2D eigenvalue weighted by molar-refractivity contribution is 5.33. The monoisotopic (exact) mass is 322 g/mol. The summed E-state index contributed by atoms with van der Waals surface area (Å²) in [6.07, 6.45) is 12.8. The van der Waals surface area contributed by atoms with Gasteiger partial charge in [0.2, 0.25) is 0 Å². The lowest BCUT2D eigenvalue weighted by molar-refractivity contribution is 0.123. The zero-order valence-electron chi connectivity index (χ0n) is 15.2. The number of rotatable bonds is 3. The average molecular weight is 322 g/mol. The second-order valence-electron chi connectivity index (χ2n) is 8.13. The van der Waals surface area contributed by atoms with Crippen molar-refractivity contribution in [1.29, 1.82) is 0 Å². The summed E-state index contributed by atoms with van der Waals surface area (Å²) >= 11 is 0. The van der Waals surface area contributed by atoms with Crippen molar-refractivity contribution in [3.63, 3.8) is 0 Å². The van der Waals surface area contributed by atoms with Gasteiger partial charge >= 0.3 is 0 Å². The van der Waals surface area contributed by atoms with Gasteiger partial charge in [0.25, 0.3) is 0 Å². The van der Waals surface area contributed by atoms with Crippen molar-refractivity contribution in [3.8, 4) is 0 Å².